The number of pyridine rings is 1. The highest BCUT2D eigenvalue weighted by atomic mass is 19.4. The van der Waals surface area contributed by atoms with Crippen molar-refractivity contribution >= 4 is 29.4 Å². The fourth-order valence-electron chi connectivity index (χ4n) is 7.23. The number of alkyl halides is 3. The van der Waals surface area contributed by atoms with Crippen molar-refractivity contribution < 1.29 is 37.1 Å². The van der Waals surface area contributed by atoms with E-state index in [0.717, 1.165) is 4.90 Å². The highest BCUT2D eigenvalue weighted by Gasteiger charge is 2.70. The first kappa shape index (κ1) is 29.3. The van der Waals surface area contributed by atoms with Crippen LogP contribution in [0, 0.1) is 46.3 Å². The van der Waals surface area contributed by atoms with E-state index in [1.54, 1.807) is 12.1 Å². The van der Waals surface area contributed by atoms with Gasteiger partial charge in [0.1, 0.15) is 11.6 Å². The molecule has 2 bridgehead atoms. The third-order valence-electron chi connectivity index (χ3n) is 8.99. The number of aromatic nitrogens is 1. The number of nitrogens with two attached hydrogens (primary N) is 1. The lowest BCUT2D eigenvalue weighted by Gasteiger charge is -2.46. The number of carbonyl (C=O) groups excluding carboxylic acids is 4. The predicted octanol–water partition coefficient (Wildman–Crippen LogP) is 1.91. The Balaban J connectivity index is 1.57. The quantitative estimate of drug-likeness (QED) is 0.427. The molecule has 0 aromatic carbocycles. The van der Waals surface area contributed by atoms with Crippen molar-refractivity contribution in [2.75, 3.05) is 11.9 Å². The maximum atomic E-state index is 14.3. The molecule has 2 fully saturated rings. The Kier molecular flexibility index (Phi) is 6.98. The van der Waals surface area contributed by atoms with Gasteiger partial charge < -0.3 is 26.0 Å². The van der Waals surface area contributed by atoms with E-state index in [9.17, 15) is 37.6 Å². The van der Waals surface area contributed by atoms with Crippen LogP contribution in [0.25, 0.3) is 0 Å². The number of primary amides is 1. The summed E-state index contributed by atoms with van der Waals surface area (Å²) in [7, 11) is 0. The molecule has 14 heteroatoms. The van der Waals surface area contributed by atoms with Gasteiger partial charge in [-0.25, -0.2) is 4.98 Å². The number of fused-ring (bicyclic) bond motifs is 6. The summed E-state index contributed by atoms with van der Waals surface area (Å²) < 4.78 is 45.7. The first-order valence-electron chi connectivity index (χ1n) is 13.6. The number of ether oxygens (including phenoxy) is 1. The summed E-state index contributed by atoms with van der Waals surface area (Å²) in [4.78, 5) is 58.1. The van der Waals surface area contributed by atoms with Crippen LogP contribution in [-0.4, -0.2) is 63.9 Å². The first-order chi connectivity index (χ1) is 19.6. The second kappa shape index (κ2) is 9.99. The number of likely N-dealkylation sites (tertiary alicyclic amines) is 1. The maximum absolute atomic E-state index is 14.3. The van der Waals surface area contributed by atoms with Crippen LogP contribution in [0.5, 0.6) is 5.75 Å². The van der Waals surface area contributed by atoms with E-state index in [1.807, 2.05) is 17.5 Å². The molecule has 4 N–H and O–H groups in total. The standard InChI is InChI=1S/C28H31F3N6O5/c1-26(2,3)20(35-25(41)28(29,30)31)23(39)37-12-16-13-6-7-14(9-13)19(16)27(37,24(33)40)15(11-32)10-18-22(38)36-21-17(42-18)5-4-8-34-21/h4-8,13-16,18-20H,9-10,12H2,1-3H3,(H2,33,40)(H,35,41)(H,34,36,38)/t13?,14?,15-,16?,18+,19?,20-,27?/m1/s1. The average molecular weight is 589 g/mol. The van der Waals surface area contributed by atoms with Gasteiger partial charge in [-0.05, 0) is 41.7 Å². The molecule has 0 spiro atoms. The molecule has 8 atom stereocenters. The molecule has 2 aliphatic carbocycles. The van der Waals surface area contributed by atoms with Gasteiger partial charge in [-0.15, -0.1) is 0 Å². The third-order valence-corrected chi connectivity index (χ3v) is 8.99. The zero-order valence-electron chi connectivity index (χ0n) is 23.1. The molecule has 42 heavy (non-hydrogen) atoms. The molecule has 4 aliphatic rings. The van der Waals surface area contributed by atoms with Gasteiger partial charge in [0.15, 0.2) is 17.7 Å². The van der Waals surface area contributed by atoms with E-state index in [0.29, 0.717) is 6.42 Å². The van der Waals surface area contributed by atoms with Gasteiger partial charge in [-0.3, -0.25) is 19.2 Å². The van der Waals surface area contributed by atoms with Crippen LogP contribution in [-0.2, 0) is 19.2 Å². The minimum Gasteiger partial charge on any atom is -0.477 e. The molecular weight excluding hydrogens is 557 g/mol. The minimum absolute atomic E-state index is 0.0408. The molecule has 2 aliphatic heterocycles. The molecular formula is C28H31F3N6O5. The lowest BCUT2D eigenvalue weighted by atomic mass is 9.65. The molecule has 3 heterocycles. The lowest BCUT2D eigenvalue weighted by Crippen LogP contribution is -2.68. The van der Waals surface area contributed by atoms with Gasteiger partial charge in [0.05, 0.1) is 12.0 Å². The van der Waals surface area contributed by atoms with E-state index in [4.69, 9.17) is 10.5 Å². The average Bonchev–Trinajstić information content (AvgIpc) is 3.61. The van der Waals surface area contributed by atoms with Gasteiger partial charge in [-0.1, -0.05) is 32.9 Å². The second-order valence-corrected chi connectivity index (χ2v) is 12.4. The Hall–Kier alpha value is -4.15. The van der Waals surface area contributed by atoms with Gasteiger partial charge in [0.2, 0.25) is 11.8 Å². The first-order valence-corrected chi connectivity index (χ1v) is 13.6. The molecule has 1 aromatic rings. The highest BCUT2D eigenvalue weighted by Crippen LogP contribution is 2.60. The van der Waals surface area contributed by atoms with Crippen LogP contribution in [0.3, 0.4) is 0 Å². The number of nitrogens with one attached hydrogen (secondary N) is 2. The summed E-state index contributed by atoms with van der Waals surface area (Å²) in [5.74, 6) is -7.06. The van der Waals surface area contributed by atoms with E-state index >= 15 is 0 Å². The van der Waals surface area contributed by atoms with Crippen molar-refractivity contribution in [3.63, 3.8) is 0 Å². The third kappa shape index (κ3) is 4.55. The SMILES string of the molecule is CC(C)(C)[C@H](NC(=O)C(F)(F)F)C(=O)N1CC2C3C=CC(C3)C2C1(C(N)=O)[C@@H](C#N)C[C@@H]1Oc2cccnc2NC1=O. The van der Waals surface area contributed by atoms with Crippen LogP contribution < -0.4 is 21.1 Å². The van der Waals surface area contributed by atoms with Crippen molar-refractivity contribution in [2.24, 2.45) is 40.7 Å². The van der Waals surface area contributed by atoms with Gasteiger partial charge in [0, 0.05) is 25.1 Å². The Morgan fingerprint density at radius 1 is 1.29 bits per heavy atom. The van der Waals surface area contributed by atoms with E-state index in [2.05, 4.69) is 16.4 Å². The number of nitriles is 1. The van der Waals surface area contributed by atoms with Crippen molar-refractivity contribution in [3.8, 4) is 11.8 Å². The Bertz CT molecular complexity index is 1400. The molecule has 1 saturated heterocycles. The van der Waals surface area contributed by atoms with Crippen LogP contribution in [0.1, 0.15) is 33.6 Å². The number of hydrogen-bond acceptors (Lipinski definition) is 7. The van der Waals surface area contributed by atoms with E-state index in [-0.39, 0.29) is 42.3 Å². The normalized spacial score (nSPS) is 30.8. The van der Waals surface area contributed by atoms with Crippen molar-refractivity contribution in [1.82, 2.24) is 15.2 Å². The molecule has 4 amide bonds. The zero-order valence-corrected chi connectivity index (χ0v) is 23.1. The van der Waals surface area contributed by atoms with E-state index in [1.165, 1.54) is 27.0 Å². The topological polar surface area (TPSA) is 168 Å². The number of rotatable bonds is 6. The summed E-state index contributed by atoms with van der Waals surface area (Å²) >= 11 is 0. The predicted molar refractivity (Wildman–Crippen MR) is 140 cm³/mol. The van der Waals surface area contributed by atoms with Gasteiger partial charge in [0.25, 0.3) is 5.91 Å². The smallest absolute Gasteiger partial charge is 0.471 e. The number of carbonyl (C=O) groups is 4. The molecule has 0 radical (unpaired) electrons. The summed E-state index contributed by atoms with van der Waals surface area (Å²) in [6.45, 7) is 4.38. The molecule has 5 rings (SSSR count). The molecule has 224 valence electrons. The molecule has 11 nitrogen and oxygen atoms in total. The summed E-state index contributed by atoms with van der Waals surface area (Å²) in [5.41, 5.74) is 2.88. The molecule has 1 aromatic heterocycles. The summed E-state index contributed by atoms with van der Waals surface area (Å²) in [6, 6.07) is 3.55. The maximum Gasteiger partial charge on any atom is 0.471 e. The number of nitrogens with zero attached hydrogens (tertiary/aromatic N) is 3. The monoisotopic (exact) mass is 588 g/mol. The van der Waals surface area contributed by atoms with Crippen LogP contribution in [0.2, 0.25) is 0 Å². The zero-order chi connectivity index (χ0) is 30.8. The van der Waals surface area contributed by atoms with Gasteiger partial charge >= 0.3 is 12.1 Å². The van der Waals surface area contributed by atoms with Crippen molar-refractivity contribution in [1.29, 1.82) is 5.26 Å². The fourth-order valence-corrected chi connectivity index (χ4v) is 7.23. The second-order valence-electron chi connectivity index (χ2n) is 12.4. The fraction of sp³-hybridized carbons (Fsp3) is 0.571. The summed E-state index contributed by atoms with van der Waals surface area (Å²) in [6.07, 6.45) is -0.861. The largest absolute Gasteiger partial charge is 0.477 e. The number of hydrogen-bond donors (Lipinski definition) is 3. The number of halogens is 3. The van der Waals surface area contributed by atoms with Crippen molar-refractivity contribution in [2.45, 2.75) is 57.5 Å². The van der Waals surface area contributed by atoms with E-state index < -0.39 is 64.7 Å². The molecule has 5 unspecified atom stereocenters. The van der Waals surface area contributed by atoms with Crippen LogP contribution in [0.4, 0.5) is 19.0 Å². The minimum atomic E-state index is -5.26. The number of amides is 4. The van der Waals surface area contributed by atoms with Gasteiger partial charge in [-0.2, -0.15) is 18.4 Å². The Labute approximate surface area is 239 Å². The van der Waals surface area contributed by atoms with Crippen LogP contribution in [0.15, 0.2) is 30.5 Å². The number of anilines is 1. The van der Waals surface area contributed by atoms with Crippen molar-refractivity contribution in [3.05, 3.63) is 30.5 Å². The Morgan fingerprint density at radius 3 is 2.60 bits per heavy atom. The molecule has 1 saturated carbocycles. The van der Waals surface area contributed by atoms with Crippen LogP contribution >= 0.6 is 0 Å². The Morgan fingerprint density at radius 2 is 1.98 bits per heavy atom. The number of allylic oxidation sites excluding steroid dienone is 2. The lowest BCUT2D eigenvalue weighted by molar-refractivity contribution is -0.176. The highest BCUT2D eigenvalue weighted by molar-refractivity contribution is 5.98. The summed E-state index contributed by atoms with van der Waals surface area (Å²) in [5, 5.41) is 14.9.